The fourth-order valence-corrected chi connectivity index (χ4v) is 3.66. The quantitative estimate of drug-likeness (QED) is 0.747. The monoisotopic (exact) mass is 379 g/mol. The van der Waals surface area contributed by atoms with Gasteiger partial charge in [-0.2, -0.15) is 0 Å². The van der Waals surface area contributed by atoms with Crippen molar-refractivity contribution in [2.45, 2.75) is 45.6 Å². The van der Waals surface area contributed by atoms with Gasteiger partial charge in [0, 0.05) is 41.6 Å². The van der Waals surface area contributed by atoms with E-state index in [2.05, 4.69) is 29.4 Å². The number of benzene rings is 2. The summed E-state index contributed by atoms with van der Waals surface area (Å²) in [4.78, 5) is 27.0. The molecule has 0 atom stereocenters. The Morgan fingerprint density at radius 2 is 1.39 bits per heavy atom. The van der Waals surface area contributed by atoms with E-state index >= 15 is 0 Å². The van der Waals surface area contributed by atoms with Gasteiger partial charge in [-0.25, -0.2) is 0 Å². The van der Waals surface area contributed by atoms with Crippen molar-refractivity contribution in [3.05, 3.63) is 59.7 Å². The van der Waals surface area contributed by atoms with Crippen LogP contribution in [0.15, 0.2) is 48.5 Å². The van der Waals surface area contributed by atoms with Gasteiger partial charge in [0.05, 0.1) is 0 Å². The first-order chi connectivity index (χ1) is 13.6. The Balaban J connectivity index is 1.59. The van der Waals surface area contributed by atoms with E-state index in [9.17, 15) is 9.59 Å². The van der Waals surface area contributed by atoms with Gasteiger partial charge < -0.3 is 15.5 Å². The minimum absolute atomic E-state index is 0.0640. The maximum Gasteiger partial charge on any atom is 0.255 e. The number of anilines is 2. The number of carbonyl (C=O) groups is 2. The first-order valence-electron chi connectivity index (χ1n) is 10.2. The van der Waals surface area contributed by atoms with Gasteiger partial charge in [-0.05, 0) is 75.2 Å². The standard InChI is InChI=1S/C23H29N3O2/c1-3-26(4-2)21-15-13-20(14-16-21)25-23(28)18-11-9-17(10-12-18)22(27)24-19-7-5-6-8-19/h9-16,19H,3-8H2,1-2H3,(H,24,27)(H,25,28). The molecule has 0 aliphatic heterocycles. The van der Waals surface area contributed by atoms with Crippen LogP contribution in [0.2, 0.25) is 0 Å². The van der Waals surface area contributed by atoms with Crippen molar-refractivity contribution in [2.75, 3.05) is 23.3 Å². The van der Waals surface area contributed by atoms with E-state index in [1.807, 2.05) is 24.3 Å². The summed E-state index contributed by atoms with van der Waals surface area (Å²) in [6.45, 7) is 6.14. The summed E-state index contributed by atoms with van der Waals surface area (Å²) in [5.74, 6) is -0.246. The maximum absolute atomic E-state index is 12.5. The highest BCUT2D eigenvalue weighted by Crippen LogP contribution is 2.19. The number of nitrogens with one attached hydrogen (secondary N) is 2. The molecule has 2 N–H and O–H groups in total. The van der Waals surface area contributed by atoms with Crippen molar-refractivity contribution in [1.82, 2.24) is 5.32 Å². The molecule has 2 aromatic carbocycles. The second kappa shape index (κ2) is 9.40. The zero-order valence-electron chi connectivity index (χ0n) is 16.7. The minimum Gasteiger partial charge on any atom is -0.372 e. The smallest absolute Gasteiger partial charge is 0.255 e. The Labute approximate surface area is 167 Å². The van der Waals surface area contributed by atoms with Crippen LogP contribution in [-0.4, -0.2) is 30.9 Å². The normalized spacial score (nSPS) is 13.9. The van der Waals surface area contributed by atoms with Crippen molar-refractivity contribution in [2.24, 2.45) is 0 Å². The maximum atomic E-state index is 12.5. The molecule has 1 saturated carbocycles. The Morgan fingerprint density at radius 1 is 0.857 bits per heavy atom. The first-order valence-corrected chi connectivity index (χ1v) is 10.2. The van der Waals surface area contributed by atoms with E-state index in [0.29, 0.717) is 11.1 Å². The number of amides is 2. The third-order valence-corrected chi connectivity index (χ3v) is 5.35. The molecule has 28 heavy (non-hydrogen) atoms. The van der Waals surface area contributed by atoms with Crippen molar-refractivity contribution in [3.63, 3.8) is 0 Å². The zero-order chi connectivity index (χ0) is 19.9. The second-order valence-corrected chi connectivity index (χ2v) is 7.21. The molecule has 0 aromatic heterocycles. The lowest BCUT2D eigenvalue weighted by molar-refractivity contribution is 0.0936. The van der Waals surface area contributed by atoms with E-state index in [4.69, 9.17) is 0 Å². The molecule has 1 aliphatic rings. The van der Waals surface area contributed by atoms with Crippen LogP contribution in [0.3, 0.4) is 0 Å². The molecule has 2 aromatic rings. The van der Waals surface area contributed by atoms with Gasteiger partial charge >= 0.3 is 0 Å². The van der Waals surface area contributed by atoms with E-state index in [-0.39, 0.29) is 17.9 Å². The van der Waals surface area contributed by atoms with Crippen molar-refractivity contribution in [1.29, 1.82) is 0 Å². The lowest BCUT2D eigenvalue weighted by Gasteiger charge is -2.21. The molecule has 0 saturated heterocycles. The van der Waals surface area contributed by atoms with Crippen LogP contribution in [0.1, 0.15) is 60.2 Å². The Kier molecular flexibility index (Phi) is 6.69. The summed E-state index contributed by atoms with van der Waals surface area (Å²) in [6.07, 6.45) is 4.47. The average Bonchev–Trinajstić information content (AvgIpc) is 3.23. The summed E-state index contributed by atoms with van der Waals surface area (Å²) in [5, 5.41) is 5.97. The minimum atomic E-state index is -0.182. The first kappa shape index (κ1) is 19.9. The molecule has 0 radical (unpaired) electrons. The van der Waals surface area contributed by atoms with Crippen LogP contribution < -0.4 is 15.5 Å². The highest BCUT2D eigenvalue weighted by Gasteiger charge is 2.18. The fourth-order valence-electron chi connectivity index (χ4n) is 3.66. The van der Waals surface area contributed by atoms with Gasteiger partial charge in [0.1, 0.15) is 0 Å². The molecule has 0 unspecified atom stereocenters. The van der Waals surface area contributed by atoms with Crippen molar-refractivity contribution >= 4 is 23.2 Å². The van der Waals surface area contributed by atoms with Crippen molar-refractivity contribution < 1.29 is 9.59 Å². The van der Waals surface area contributed by atoms with Crippen molar-refractivity contribution in [3.8, 4) is 0 Å². The van der Waals surface area contributed by atoms with Gasteiger partial charge in [-0.3, -0.25) is 9.59 Å². The third-order valence-electron chi connectivity index (χ3n) is 5.35. The molecule has 1 aliphatic carbocycles. The molecule has 0 heterocycles. The molecule has 5 heteroatoms. The second-order valence-electron chi connectivity index (χ2n) is 7.21. The van der Waals surface area contributed by atoms with Gasteiger partial charge in [0.15, 0.2) is 0 Å². The van der Waals surface area contributed by atoms with E-state index in [1.54, 1.807) is 24.3 Å². The number of nitrogens with zero attached hydrogens (tertiary/aromatic N) is 1. The number of carbonyl (C=O) groups excluding carboxylic acids is 2. The van der Waals surface area contributed by atoms with Gasteiger partial charge in [0.25, 0.3) is 11.8 Å². The predicted octanol–water partition coefficient (Wildman–Crippen LogP) is 4.46. The topological polar surface area (TPSA) is 61.4 Å². The highest BCUT2D eigenvalue weighted by atomic mass is 16.2. The average molecular weight is 380 g/mol. The highest BCUT2D eigenvalue weighted by molar-refractivity contribution is 6.05. The largest absolute Gasteiger partial charge is 0.372 e. The summed E-state index contributed by atoms with van der Waals surface area (Å²) in [6, 6.07) is 15.0. The number of hydrogen-bond acceptors (Lipinski definition) is 3. The van der Waals surface area contributed by atoms with Crippen LogP contribution in [0.5, 0.6) is 0 Å². The van der Waals surface area contributed by atoms with Crippen LogP contribution >= 0.6 is 0 Å². The number of hydrogen-bond donors (Lipinski definition) is 2. The van der Waals surface area contributed by atoms with E-state index in [1.165, 1.54) is 12.8 Å². The zero-order valence-corrected chi connectivity index (χ0v) is 16.7. The molecule has 0 bridgehead atoms. The van der Waals surface area contributed by atoms with E-state index in [0.717, 1.165) is 37.3 Å². The molecule has 5 nitrogen and oxygen atoms in total. The Morgan fingerprint density at radius 3 is 1.93 bits per heavy atom. The lowest BCUT2D eigenvalue weighted by Crippen LogP contribution is -2.32. The molecule has 1 fully saturated rings. The molecular weight excluding hydrogens is 350 g/mol. The summed E-state index contributed by atoms with van der Waals surface area (Å²) in [5.41, 5.74) is 3.02. The predicted molar refractivity (Wildman–Crippen MR) is 114 cm³/mol. The van der Waals surface area contributed by atoms with Gasteiger partial charge in [-0.15, -0.1) is 0 Å². The molecule has 2 amide bonds. The molecule has 3 rings (SSSR count). The Bertz CT molecular complexity index is 790. The summed E-state index contributed by atoms with van der Waals surface area (Å²) in [7, 11) is 0. The fraction of sp³-hybridized carbons (Fsp3) is 0.391. The molecular formula is C23H29N3O2. The number of rotatable bonds is 7. The third kappa shape index (κ3) is 4.91. The van der Waals surface area contributed by atoms with Gasteiger partial charge in [-0.1, -0.05) is 12.8 Å². The van der Waals surface area contributed by atoms with Crippen LogP contribution in [0, 0.1) is 0 Å². The van der Waals surface area contributed by atoms with Gasteiger partial charge in [0.2, 0.25) is 0 Å². The Hall–Kier alpha value is -2.82. The molecule has 148 valence electrons. The summed E-state index contributed by atoms with van der Waals surface area (Å²) >= 11 is 0. The molecule has 0 spiro atoms. The summed E-state index contributed by atoms with van der Waals surface area (Å²) < 4.78 is 0. The van der Waals surface area contributed by atoms with Crippen LogP contribution in [0.25, 0.3) is 0 Å². The van der Waals surface area contributed by atoms with Crippen LogP contribution in [-0.2, 0) is 0 Å². The lowest BCUT2D eigenvalue weighted by atomic mass is 10.1. The SMILES string of the molecule is CCN(CC)c1ccc(NC(=O)c2ccc(C(=O)NC3CCCC3)cc2)cc1. The van der Waals surface area contributed by atoms with Crippen LogP contribution in [0.4, 0.5) is 11.4 Å². The van der Waals surface area contributed by atoms with E-state index < -0.39 is 0 Å².